The first-order chi connectivity index (χ1) is 9.60. The Morgan fingerprint density at radius 1 is 1.25 bits per heavy atom. The first kappa shape index (κ1) is 16.2. The summed E-state index contributed by atoms with van der Waals surface area (Å²) in [4.78, 5) is 2.59. The average Bonchev–Trinajstić information content (AvgIpc) is 2.39. The van der Waals surface area contributed by atoms with Crippen LogP contribution in [-0.2, 0) is 9.47 Å². The van der Waals surface area contributed by atoms with Gasteiger partial charge in [0.15, 0.2) is 0 Å². The van der Waals surface area contributed by atoms with Gasteiger partial charge in [-0.2, -0.15) is 0 Å². The quantitative estimate of drug-likeness (QED) is 0.806. The Morgan fingerprint density at radius 3 is 2.65 bits per heavy atom. The Bertz CT molecular complexity index is 278. The van der Waals surface area contributed by atoms with Crippen molar-refractivity contribution in [2.45, 2.75) is 39.7 Å². The molecule has 2 heterocycles. The van der Waals surface area contributed by atoms with Crippen LogP contribution in [-0.4, -0.2) is 63.5 Å². The third-order valence-electron chi connectivity index (χ3n) is 4.49. The van der Waals surface area contributed by atoms with Crippen LogP contribution in [0.4, 0.5) is 0 Å². The van der Waals surface area contributed by atoms with E-state index in [1.165, 1.54) is 19.4 Å². The molecule has 1 unspecified atom stereocenters. The van der Waals surface area contributed by atoms with Crippen molar-refractivity contribution in [3.8, 4) is 0 Å². The van der Waals surface area contributed by atoms with Gasteiger partial charge in [-0.15, -0.1) is 0 Å². The highest BCUT2D eigenvalue weighted by atomic mass is 16.5. The van der Waals surface area contributed by atoms with E-state index in [9.17, 15) is 0 Å². The first-order valence-corrected chi connectivity index (χ1v) is 8.22. The highest BCUT2D eigenvalue weighted by Gasteiger charge is 2.35. The molecule has 2 aliphatic rings. The molecule has 2 saturated heterocycles. The summed E-state index contributed by atoms with van der Waals surface area (Å²) in [7, 11) is 0. The molecule has 0 saturated carbocycles. The molecule has 20 heavy (non-hydrogen) atoms. The van der Waals surface area contributed by atoms with Crippen LogP contribution in [0, 0.1) is 11.3 Å². The van der Waals surface area contributed by atoms with Gasteiger partial charge in [0.2, 0.25) is 0 Å². The maximum absolute atomic E-state index is 5.66. The third-order valence-corrected chi connectivity index (χ3v) is 4.49. The molecule has 4 heteroatoms. The predicted molar refractivity (Wildman–Crippen MR) is 82.0 cm³/mol. The van der Waals surface area contributed by atoms with Gasteiger partial charge in [0.05, 0.1) is 12.7 Å². The second-order valence-corrected chi connectivity index (χ2v) is 7.05. The lowest BCUT2D eigenvalue weighted by atomic mass is 9.79. The van der Waals surface area contributed by atoms with Crippen molar-refractivity contribution in [2.75, 3.05) is 52.5 Å². The van der Waals surface area contributed by atoms with Gasteiger partial charge in [-0.1, -0.05) is 13.8 Å². The molecule has 0 aromatic rings. The molecular formula is C16H32N2O2. The number of morpholine rings is 1. The zero-order chi connectivity index (χ0) is 14.4. The third kappa shape index (κ3) is 4.99. The minimum atomic E-state index is 0.379. The number of nitrogens with one attached hydrogen (secondary N) is 1. The molecule has 1 atom stereocenters. The fourth-order valence-corrected chi connectivity index (χ4v) is 3.33. The fourth-order valence-electron chi connectivity index (χ4n) is 3.33. The van der Waals surface area contributed by atoms with Gasteiger partial charge in [-0.25, -0.2) is 0 Å². The first-order valence-electron chi connectivity index (χ1n) is 8.22. The lowest BCUT2D eigenvalue weighted by Gasteiger charge is -2.43. The van der Waals surface area contributed by atoms with E-state index in [0.29, 0.717) is 11.5 Å². The minimum absolute atomic E-state index is 0.379. The van der Waals surface area contributed by atoms with Crippen molar-refractivity contribution in [2.24, 2.45) is 11.3 Å². The molecule has 2 rings (SSSR count). The summed E-state index contributed by atoms with van der Waals surface area (Å²) in [6.45, 7) is 15.0. The van der Waals surface area contributed by atoms with E-state index < -0.39 is 0 Å². The van der Waals surface area contributed by atoms with Crippen LogP contribution in [0.2, 0.25) is 0 Å². The molecule has 4 nitrogen and oxygen atoms in total. The molecule has 2 fully saturated rings. The van der Waals surface area contributed by atoms with Crippen molar-refractivity contribution in [3.63, 3.8) is 0 Å². The Kier molecular flexibility index (Phi) is 6.27. The number of hydrogen-bond acceptors (Lipinski definition) is 4. The zero-order valence-electron chi connectivity index (χ0n) is 13.5. The van der Waals surface area contributed by atoms with Crippen LogP contribution in [0.3, 0.4) is 0 Å². The van der Waals surface area contributed by atoms with E-state index in [1.54, 1.807) is 0 Å². The standard InChI is InChI=1S/C16H32N2O2/c1-14(2)10-17-12-16(4-7-19-8-5-16)13-18-6-9-20-15(3)11-18/h14-15,17H,4-13H2,1-3H3. The van der Waals surface area contributed by atoms with Gasteiger partial charge < -0.3 is 14.8 Å². The summed E-state index contributed by atoms with van der Waals surface area (Å²) in [5.74, 6) is 0.718. The van der Waals surface area contributed by atoms with Crippen molar-refractivity contribution in [1.82, 2.24) is 10.2 Å². The van der Waals surface area contributed by atoms with E-state index in [0.717, 1.165) is 51.9 Å². The van der Waals surface area contributed by atoms with E-state index >= 15 is 0 Å². The monoisotopic (exact) mass is 284 g/mol. The van der Waals surface area contributed by atoms with Crippen molar-refractivity contribution >= 4 is 0 Å². The van der Waals surface area contributed by atoms with Gasteiger partial charge in [0.25, 0.3) is 0 Å². The minimum Gasteiger partial charge on any atom is -0.381 e. The molecule has 2 aliphatic heterocycles. The number of ether oxygens (including phenoxy) is 2. The molecule has 0 radical (unpaired) electrons. The van der Waals surface area contributed by atoms with Crippen LogP contribution in [0.5, 0.6) is 0 Å². The Labute approximate surface area is 124 Å². The highest BCUT2D eigenvalue weighted by molar-refractivity contribution is 4.88. The predicted octanol–water partition coefficient (Wildman–Crippen LogP) is 1.75. The summed E-state index contributed by atoms with van der Waals surface area (Å²) in [5.41, 5.74) is 0.393. The van der Waals surface area contributed by atoms with E-state index in [1.807, 2.05) is 0 Å². The largest absolute Gasteiger partial charge is 0.381 e. The Morgan fingerprint density at radius 2 is 2.00 bits per heavy atom. The molecule has 0 aromatic heterocycles. The number of nitrogens with zero attached hydrogens (tertiary/aromatic N) is 1. The summed E-state index contributed by atoms with van der Waals surface area (Å²) >= 11 is 0. The van der Waals surface area contributed by atoms with Crippen molar-refractivity contribution < 1.29 is 9.47 Å². The molecule has 0 bridgehead atoms. The second kappa shape index (κ2) is 7.74. The van der Waals surface area contributed by atoms with Gasteiger partial charge in [0.1, 0.15) is 0 Å². The zero-order valence-corrected chi connectivity index (χ0v) is 13.5. The number of rotatable bonds is 6. The second-order valence-electron chi connectivity index (χ2n) is 7.05. The maximum Gasteiger partial charge on any atom is 0.0674 e. The van der Waals surface area contributed by atoms with E-state index in [-0.39, 0.29) is 0 Å². The maximum atomic E-state index is 5.66. The fraction of sp³-hybridized carbons (Fsp3) is 1.00. The molecule has 118 valence electrons. The molecule has 0 amide bonds. The molecular weight excluding hydrogens is 252 g/mol. The van der Waals surface area contributed by atoms with E-state index in [2.05, 4.69) is 31.0 Å². The SMILES string of the molecule is CC(C)CNCC1(CN2CCOC(C)C2)CCOCC1. The normalized spacial score (nSPS) is 27.9. The molecule has 0 aromatic carbocycles. The van der Waals surface area contributed by atoms with Gasteiger partial charge in [0, 0.05) is 39.4 Å². The van der Waals surface area contributed by atoms with Gasteiger partial charge >= 0.3 is 0 Å². The summed E-state index contributed by atoms with van der Waals surface area (Å²) in [5, 5.41) is 3.68. The molecule has 1 N–H and O–H groups in total. The van der Waals surface area contributed by atoms with Crippen molar-refractivity contribution in [3.05, 3.63) is 0 Å². The van der Waals surface area contributed by atoms with Crippen LogP contribution in [0.15, 0.2) is 0 Å². The Balaban J connectivity index is 1.88. The highest BCUT2D eigenvalue weighted by Crippen LogP contribution is 2.31. The summed E-state index contributed by atoms with van der Waals surface area (Å²) in [6, 6.07) is 0. The van der Waals surface area contributed by atoms with Crippen molar-refractivity contribution in [1.29, 1.82) is 0 Å². The number of hydrogen-bond donors (Lipinski definition) is 1. The lowest BCUT2D eigenvalue weighted by Crippen LogP contribution is -2.51. The molecule has 0 spiro atoms. The van der Waals surface area contributed by atoms with Crippen LogP contribution in [0.25, 0.3) is 0 Å². The van der Waals surface area contributed by atoms with Crippen LogP contribution >= 0.6 is 0 Å². The Hall–Kier alpha value is -0.160. The topological polar surface area (TPSA) is 33.7 Å². The summed E-state index contributed by atoms with van der Waals surface area (Å²) < 4.78 is 11.3. The summed E-state index contributed by atoms with van der Waals surface area (Å²) in [6.07, 6.45) is 2.75. The van der Waals surface area contributed by atoms with Crippen LogP contribution in [0.1, 0.15) is 33.6 Å². The molecule has 0 aliphatic carbocycles. The van der Waals surface area contributed by atoms with Crippen LogP contribution < -0.4 is 5.32 Å². The lowest BCUT2D eigenvalue weighted by molar-refractivity contribution is -0.0534. The van der Waals surface area contributed by atoms with E-state index in [4.69, 9.17) is 9.47 Å². The average molecular weight is 284 g/mol. The smallest absolute Gasteiger partial charge is 0.0674 e. The van der Waals surface area contributed by atoms with Gasteiger partial charge in [-0.3, -0.25) is 4.90 Å². The van der Waals surface area contributed by atoms with Gasteiger partial charge in [-0.05, 0) is 37.6 Å².